The Morgan fingerprint density at radius 3 is 2.80 bits per heavy atom. The average Bonchev–Trinajstić information content (AvgIpc) is 2.55. The third-order valence-electron chi connectivity index (χ3n) is 3.43. The van der Waals surface area contributed by atoms with E-state index < -0.39 is 16.6 Å². The van der Waals surface area contributed by atoms with Gasteiger partial charge < -0.3 is 10.3 Å². The normalized spacial score (nSPS) is 10.5. The van der Waals surface area contributed by atoms with Crippen molar-refractivity contribution in [2.45, 2.75) is 24.9 Å². The van der Waals surface area contributed by atoms with E-state index in [1.54, 1.807) is 13.2 Å². The van der Waals surface area contributed by atoms with Crippen LogP contribution in [0.15, 0.2) is 28.2 Å². The molecule has 0 saturated heterocycles. The molecule has 0 fully saturated rings. The van der Waals surface area contributed by atoms with Gasteiger partial charge in [-0.1, -0.05) is 11.8 Å². The van der Waals surface area contributed by atoms with Crippen LogP contribution in [-0.2, 0) is 11.2 Å². The number of hydrogen-bond donors (Lipinski definition) is 2. The first kappa shape index (κ1) is 18.6. The van der Waals surface area contributed by atoms with Gasteiger partial charge in [-0.3, -0.25) is 19.7 Å². The predicted octanol–water partition coefficient (Wildman–Crippen LogP) is 2.42. The second kappa shape index (κ2) is 7.88. The molecule has 0 spiro atoms. The predicted molar refractivity (Wildman–Crippen MR) is 91.4 cm³/mol. The lowest BCUT2D eigenvalue weighted by Gasteiger charge is -2.08. The highest BCUT2D eigenvalue weighted by Crippen LogP contribution is 2.21. The van der Waals surface area contributed by atoms with Gasteiger partial charge in [-0.05, 0) is 25.7 Å². The maximum atomic E-state index is 13.7. The molecular weight excluding hydrogens is 351 g/mol. The number of benzene rings is 1. The zero-order chi connectivity index (χ0) is 18.6. The molecule has 132 valence electrons. The summed E-state index contributed by atoms with van der Waals surface area (Å²) in [6, 6.07) is 2.86. The number of H-pyrrole nitrogens is 1. The van der Waals surface area contributed by atoms with Crippen molar-refractivity contribution in [3.05, 3.63) is 55.7 Å². The van der Waals surface area contributed by atoms with Crippen LogP contribution in [0.3, 0.4) is 0 Å². The van der Waals surface area contributed by atoms with Gasteiger partial charge in [0.15, 0.2) is 5.16 Å². The number of aromatic amines is 1. The number of rotatable bonds is 6. The fourth-order valence-electron chi connectivity index (χ4n) is 2.15. The molecule has 0 bridgehead atoms. The summed E-state index contributed by atoms with van der Waals surface area (Å²) < 4.78 is 13.7. The molecule has 1 amide bonds. The molecule has 0 aliphatic rings. The van der Waals surface area contributed by atoms with Gasteiger partial charge in [-0.2, -0.15) is 0 Å². The number of thioether (sulfide) groups is 1. The molecule has 8 nitrogen and oxygen atoms in total. The number of non-ortho nitro benzene ring substituents is 1. The van der Waals surface area contributed by atoms with E-state index in [1.165, 1.54) is 11.8 Å². The number of carbonyl (C=O) groups is 1. The third kappa shape index (κ3) is 4.63. The summed E-state index contributed by atoms with van der Waals surface area (Å²) >= 11 is 1.29. The summed E-state index contributed by atoms with van der Waals surface area (Å²) in [5.74, 6) is -1.34. The lowest BCUT2D eigenvalue weighted by Crippen LogP contribution is -2.20. The molecule has 1 aromatic heterocycles. The quantitative estimate of drug-likeness (QED) is 0.351. The van der Waals surface area contributed by atoms with E-state index in [4.69, 9.17) is 0 Å². The van der Waals surface area contributed by atoms with E-state index in [1.807, 2.05) is 0 Å². The highest BCUT2D eigenvalue weighted by Gasteiger charge is 2.15. The Labute approximate surface area is 146 Å². The highest BCUT2D eigenvalue weighted by atomic mass is 32.2. The van der Waals surface area contributed by atoms with E-state index in [0.717, 1.165) is 18.2 Å². The van der Waals surface area contributed by atoms with Crippen molar-refractivity contribution in [2.75, 3.05) is 11.6 Å². The van der Waals surface area contributed by atoms with Gasteiger partial charge in [0.05, 0.1) is 10.6 Å². The maximum absolute atomic E-state index is 13.7. The van der Waals surface area contributed by atoms with Crippen molar-refractivity contribution >= 4 is 29.0 Å². The van der Waals surface area contributed by atoms with E-state index in [2.05, 4.69) is 15.3 Å². The standard InChI is InChI=1S/C15H15FN4O4S/c1-8-10(14(22)19-15(17-8)25-2)4-6-13(21)18-12-7-9(20(23)24)3-5-11(12)16/h3,5,7H,4,6H2,1-2H3,(H,18,21)(H,17,19,22). The van der Waals surface area contributed by atoms with Crippen LogP contribution < -0.4 is 10.9 Å². The Morgan fingerprint density at radius 1 is 1.48 bits per heavy atom. The molecule has 0 unspecified atom stereocenters. The number of carbonyl (C=O) groups excluding carboxylic acids is 1. The molecule has 1 aromatic carbocycles. The van der Waals surface area contributed by atoms with Crippen molar-refractivity contribution in [3.8, 4) is 0 Å². The van der Waals surface area contributed by atoms with Gasteiger partial charge in [0.2, 0.25) is 5.91 Å². The monoisotopic (exact) mass is 366 g/mol. The molecule has 1 heterocycles. The lowest BCUT2D eigenvalue weighted by molar-refractivity contribution is -0.384. The summed E-state index contributed by atoms with van der Waals surface area (Å²) in [5.41, 5.74) is -0.0531. The number of hydrogen-bond acceptors (Lipinski definition) is 6. The molecule has 2 aromatic rings. The van der Waals surface area contributed by atoms with Crippen LogP contribution in [0.2, 0.25) is 0 Å². The van der Waals surface area contributed by atoms with Crippen molar-refractivity contribution in [3.63, 3.8) is 0 Å². The molecule has 0 saturated carbocycles. The molecule has 10 heteroatoms. The molecule has 2 rings (SSSR count). The Balaban J connectivity index is 2.08. The highest BCUT2D eigenvalue weighted by molar-refractivity contribution is 7.98. The van der Waals surface area contributed by atoms with Crippen LogP contribution >= 0.6 is 11.8 Å². The van der Waals surface area contributed by atoms with Gasteiger partial charge >= 0.3 is 0 Å². The van der Waals surface area contributed by atoms with Crippen molar-refractivity contribution in [1.82, 2.24) is 9.97 Å². The van der Waals surface area contributed by atoms with E-state index in [0.29, 0.717) is 16.4 Å². The summed E-state index contributed by atoms with van der Waals surface area (Å²) in [7, 11) is 0. The SMILES string of the molecule is CSc1nc(C)c(CCC(=O)Nc2cc([N+](=O)[O-])ccc2F)c(=O)[nH]1. The van der Waals surface area contributed by atoms with Gasteiger partial charge in [0.1, 0.15) is 5.82 Å². The largest absolute Gasteiger partial charge is 0.323 e. The molecular formula is C15H15FN4O4S. The van der Waals surface area contributed by atoms with E-state index in [9.17, 15) is 24.1 Å². The molecule has 25 heavy (non-hydrogen) atoms. The van der Waals surface area contributed by atoms with E-state index >= 15 is 0 Å². The number of nitrogens with one attached hydrogen (secondary N) is 2. The van der Waals surface area contributed by atoms with Gasteiger partial charge in [-0.15, -0.1) is 0 Å². The third-order valence-corrected chi connectivity index (χ3v) is 4.01. The fourth-order valence-corrected chi connectivity index (χ4v) is 2.57. The zero-order valence-electron chi connectivity index (χ0n) is 13.5. The Hall–Kier alpha value is -2.75. The molecule has 0 radical (unpaired) electrons. The summed E-state index contributed by atoms with van der Waals surface area (Å²) in [6.45, 7) is 1.67. The number of nitro groups is 1. The van der Waals surface area contributed by atoms with Crippen LogP contribution in [0.25, 0.3) is 0 Å². The minimum Gasteiger partial charge on any atom is -0.323 e. The van der Waals surface area contributed by atoms with Crippen molar-refractivity contribution in [1.29, 1.82) is 0 Å². The summed E-state index contributed by atoms with van der Waals surface area (Å²) in [4.78, 5) is 40.8. The number of aromatic nitrogens is 2. The fraction of sp³-hybridized carbons (Fsp3) is 0.267. The summed E-state index contributed by atoms with van der Waals surface area (Å²) in [6.07, 6.45) is 1.80. The van der Waals surface area contributed by atoms with Crippen LogP contribution in [0.1, 0.15) is 17.7 Å². The second-order valence-corrected chi connectivity index (χ2v) is 5.90. The topological polar surface area (TPSA) is 118 Å². The number of nitrogens with zero attached hydrogens (tertiary/aromatic N) is 2. The van der Waals surface area contributed by atoms with Crippen molar-refractivity contribution in [2.24, 2.45) is 0 Å². The van der Waals surface area contributed by atoms with Crippen LogP contribution in [0, 0.1) is 22.9 Å². The molecule has 0 aliphatic carbocycles. The Kier molecular flexibility index (Phi) is 5.86. The van der Waals surface area contributed by atoms with E-state index in [-0.39, 0.29) is 29.8 Å². The minimum absolute atomic E-state index is 0.0909. The van der Waals surface area contributed by atoms with Crippen LogP contribution in [-0.4, -0.2) is 27.1 Å². The number of nitro benzene ring substituents is 1. The number of aryl methyl sites for hydroxylation is 1. The first-order valence-electron chi connectivity index (χ1n) is 7.19. The summed E-state index contributed by atoms with van der Waals surface area (Å²) in [5, 5.41) is 13.5. The molecule has 0 aliphatic heterocycles. The molecule has 0 atom stereocenters. The Bertz CT molecular complexity index is 884. The van der Waals surface area contributed by atoms with Gasteiger partial charge in [-0.25, -0.2) is 9.37 Å². The average molecular weight is 366 g/mol. The number of halogens is 1. The van der Waals surface area contributed by atoms with Crippen LogP contribution in [0.5, 0.6) is 0 Å². The Morgan fingerprint density at radius 2 is 2.20 bits per heavy atom. The number of amides is 1. The zero-order valence-corrected chi connectivity index (χ0v) is 14.3. The van der Waals surface area contributed by atoms with Crippen molar-refractivity contribution < 1.29 is 14.1 Å². The lowest BCUT2D eigenvalue weighted by atomic mass is 10.1. The maximum Gasteiger partial charge on any atom is 0.271 e. The van der Waals surface area contributed by atoms with Gasteiger partial charge in [0, 0.05) is 29.8 Å². The first-order chi connectivity index (χ1) is 11.8. The van der Waals surface area contributed by atoms with Crippen LogP contribution in [0.4, 0.5) is 15.8 Å². The molecule has 2 N–H and O–H groups in total. The second-order valence-electron chi connectivity index (χ2n) is 5.11. The van der Waals surface area contributed by atoms with Gasteiger partial charge in [0.25, 0.3) is 11.2 Å². The first-order valence-corrected chi connectivity index (χ1v) is 8.42. The smallest absolute Gasteiger partial charge is 0.271 e. The minimum atomic E-state index is -0.779. The number of anilines is 1.